The number of hydrogen-bond donors (Lipinski definition) is 3. The van der Waals surface area contributed by atoms with Gasteiger partial charge in [-0.3, -0.25) is 9.48 Å². The molecule has 2 heterocycles. The molecular formula is C19H24ClF3N6O3. The molecule has 1 aliphatic heterocycles. The number of carboxylic acids is 1. The van der Waals surface area contributed by atoms with E-state index >= 15 is 0 Å². The monoisotopic (exact) mass is 476 g/mol. The fourth-order valence-corrected chi connectivity index (χ4v) is 3.36. The van der Waals surface area contributed by atoms with Gasteiger partial charge in [0.15, 0.2) is 0 Å². The number of carboxylic acid groups (broad SMARTS) is 1. The molecule has 4 N–H and O–H groups in total. The number of nitrogens with one attached hydrogen (secondary N) is 1. The number of carbonyl (C=O) groups is 2. The van der Waals surface area contributed by atoms with Crippen LogP contribution in [0.1, 0.15) is 28.9 Å². The summed E-state index contributed by atoms with van der Waals surface area (Å²) in [5, 5.41) is 18.9. The van der Waals surface area contributed by atoms with Crippen molar-refractivity contribution in [2.24, 2.45) is 11.7 Å². The molecule has 1 aliphatic rings. The maximum absolute atomic E-state index is 12.8. The molecule has 0 bridgehead atoms. The fraction of sp³-hybridized carbons (Fsp3) is 0.474. The first-order valence-electron chi connectivity index (χ1n) is 9.71. The zero-order chi connectivity index (χ0) is 23.9. The van der Waals surface area contributed by atoms with Crippen LogP contribution in [-0.4, -0.2) is 63.2 Å². The van der Waals surface area contributed by atoms with E-state index in [2.05, 4.69) is 15.6 Å². The van der Waals surface area contributed by atoms with Crippen molar-refractivity contribution in [2.45, 2.75) is 32.1 Å². The third-order valence-corrected chi connectivity index (χ3v) is 5.10. The highest BCUT2D eigenvalue weighted by Crippen LogP contribution is 2.25. The van der Waals surface area contributed by atoms with Gasteiger partial charge in [-0.25, -0.2) is 4.79 Å². The van der Waals surface area contributed by atoms with Crippen molar-refractivity contribution in [3.05, 3.63) is 40.7 Å². The molecular weight excluding hydrogens is 453 g/mol. The Balaban J connectivity index is 0.000000451. The molecule has 0 radical (unpaired) electrons. The van der Waals surface area contributed by atoms with E-state index in [1.54, 1.807) is 19.2 Å². The van der Waals surface area contributed by atoms with Gasteiger partial charge in [0.2, 0.25) is 0 Å². The first-order valence-corrected chi connectivity index (χ1v) is 10.1. The molecule has 1 aromatic carbocycles. The largest absolute Gasteiger partial charge is 0.490 e. The molecule has 32 heavy (non-hydrogen) atoms. The highest BCUT2D eigenvalue weighted by Gasteiger charge is 2.38. The number of aliphatic carboxylic acids is 1. The minimum Gasteiger partial charge on any atom is -0.475 e. The lowest BCUT2D eigenvalue weighted by atomic mass is 9.96. The Morgan fingerprint density at radius 3 is 2.44 bits per heavy atom. The van der Waals surface area contributed by atoms with Gasteiger partial charge >= 0.3 is 12.1 Å². The van der Waals surface area contributed by atoms with Crippen LogP contribution in [-0.2, 0) is 17.9 Å². The van der Waals surface area contributed by atoms with Crippen LogP contribution in [0.25, 0.3) is 0 Å². The Morgan fingerprint density at radius 1 is 1.31 bits per heavy atom. The van der Waals surface area contributed by atoms with E-state index in [1.807, 2.05) is 21.8 Å². The number of benzene rings is 1. The van der Waals surface area contributed by atoms with Crippen molar-refractivity contribution < 1.29 is 27.9 Å². The number of aromatic nitrogens is 3. The summed E-state index contributed by atoms with van der Waals surface area (Å²) in [6.45, 7) is 2.68. The summed E-state index contributed by atoms with van der Waals surface area (Å²) in [5.41, 5.74) is 7.78. The molecule has 0 atom stereocenters. The van der Waals surface area contributed by atoms with Crippen LogP contribution in [0.4, 0.5) is 18.9 Å². The van der Waals surface area contributed by atoms with Crippen molar-refractivity contribution in [1.29, 1.82) is 0 Å². The van der Waals surface area contributed by atoms with Crippen LogP contribution in [0.5, 0.6) is 0 Å². The SMILES string of the molecule is CNc1ccc(Cl)cc1C(=O)N1CCC(Cn2cc(CN)nn2)CC1.O=C(O)C(F)(F)F. The summed E-state index contributed by atoms with van der Waals surface area (Å²) >= 11 is 6.06. The number of rotatable bonds is 5. The summed E-state index contributed by atoms with van der Waals surface area (Å²) < 4.78 is 33.6. The molecule has 176 valence electrons. The second-order valence-corrected chi connectivity index (χ2v) is 7.55. The highest BCUT2D eigenvalue weighted by atomic mass is 35.5. The van der Waals surface area contributed by atoms with E-state index in [0.29, 0.717) is 23.0 Å². The minimum atomic E-state index is -5.08. The number of hydrogen-bond acceptors (Lipinski definition) is 6. The summed E-state index contributed by atoms with van der Waals surface area (Å²) in [7, 11) is 1.81. The molecule has 0 unspecified atom stereocenters. The van der Waals surface area contributed by atoms with Crippen LogP contribution < -0.4 is 11.1 Å². The molecule has 1 saturated heterocycles. The molecule has 1 amide bonds. The molecule has 0 spiro atoms. The second kappa shape index (κ2) is 11.1. The lowest BCUT2D eigenvalue weighted by Gasteiger charge is -2.32. The molecule has 2 aromatic rings. The summed E-state index contributed by atoms with van der Waals surface area (Å²) in [6.07, 6.45) is -1.30. The summed E-state index contributed by atoms with van der Waals surface area (Å²) in [6, 6.07) is 5.34. The third-order valence-electron chi connectivity index (χ3n) is 4.87. The van der Waals surface area contributed by atoms with Crippen LogP contribution in [0.15, 0.2) is 24.4 Å². The van der Waals surface area contributed by atoms with Gasteiger partial charge in [0, 0.05) is 50.1 Å². The average molecular weight is 477 g/mol. The van der Waals surface area contributed by atoms with E-state index in [4.69, 9.17) is 27.2 Å². The third kappa shape index (κ3) is 7.09. The van der Waals surface area contributed by atoms with Gasteiger partial charge in [-0.05, 0) is 37.0 Å². The van der Waals surface area contributed by atoms with Crippen LogP contribution in [0, 0.1) is 5.92 Å². The number of likely N-dealkylation sites (tertiary alicyclic amines) is 1. The number of anilines is 1. The molecule has 13 heteroatoms. The molecule has 9 nitrogen and oxygen atoms in total. The lowest BCUT2D eigenvalue weighted by molar-refractivity contribution is -0.192. The number of nitrogens with two attached hydrogens (primary N) is 1. The predicted octanol–water partition coefficient (Wildman–Crippen LogP) is 2.62. The van der Waals surface area contributed by atoms with E-state index in [-0.39, 0.29) is 5.91 Å². The fourth-order valence-electron chi connectivity index (χ4n) is 3.19. The quantitative estimate of drug-likeness (QED) is 0.605. The Morgan fingerprint density at radius 2 is 1.94 bits per heavy atom. The zero-order valence-electron chi connectivity index (χ0n) is 17.3. The van der Waals surface area contributed by atoms with E-state index in [1.165, 1.54) is 0 Å². The number of nitrogens with zero attached hydrogens (tertiary/aromatic N) is 4. The smallest absolute Gasteiger partial charge is 0.475 e. The number of piperidine rings is 1. The Labute approximate surface area is 187 Å². The van der Waals surface area contributed by atoms with E-state index in [9.17, 15) is 18.0 Å². The predicted molar refractivity (Wildman–Crippen MR) is 111 cm³/mol. The van der Waals surface area contributed by atoms with Gasteiger partial charge in [-0.1, -0.05) is 16.8 Å². The van der Waals surface area contributed by atoms with Gasteiger partial charge in [0.25, 0.3) is 5.91 Å². The molecule has 1 fully saturated rings. The van der Waals surface area contributed by atoms with Gasteiger partial charge < -0.3 is 21.1 Å². The molecule has 3 rings (SSSR count). The van der Waals surface area contributed by atoms with Crippen molar-refractivity contribution in [3.8, 4) is 0 Å². The van der Waals surface area contributed by atoms with Gasteiger partial charge in [-0.15, -0.1) is 5.10 Å². The van der Waals surface area contributed by atoms with Crippen LogP contribution in [0.2, 0.25) is 5.02 Å². The number of carbonyl (C=O) groups excluding carboxylic acids is 1. The number of halogens is 4. The normalized spacial score (nSPS) is 14.5. The lowest BCUT2D eigenvalue weighted by Crippen LogP contribution is -2.39. The van der Waals surface area contributed by atoms with Crippen molar-refractivity contribution >= 4 is 29.2 Å². The van der Waals surface area contributed by atoms with Crippen LogP contribution >= 0.6 is 11.6 Å². The first kappa shape index (κ1) is 25.4. The molecule has 0 aliphatic carbocycles. The summed E-state index contributed by atoms with van der Waals surface area (Å²) in [4.78, 5) is 23.6. The molecule has 0 saturated carbocycles. The van der Waals surface area contributed by atoms with Crippen LogP contribution in [0.3, 0.4) is 0 Å². The summed E-state index contributed by atoms with van der Waals surface area (Å²) in [5.74, 6) is -2.25. The number of alkyl halides is 3. The highest BCUT2D eigenvalue weighted by molar-refractivity contribution is 6.31. The van der Waals surface area contributed by atoms with E-state index < -0.39 is 12.1 Å². The first-order chi connectivity index (χ1) is 15.0. The zero-order valence-corrected chi connectivity index (χ0v) is 18.0. The minimum absolute atomic E-state index is 0.0245. The van der Waals surface area contributed by atoms with Crippen molar-refractivity contribution in [2.75, 3.05) is 25.5 Å². The maximum atomic E-state index is 12.8. The Kier molecular flexibility index (Phi) is 8.84. The van der Waals surface area contributed by atoms with Gasteiger partial charge in [-0.2, -0.15) is 13.2 Å². The Bertz CT molecular complexity index is 929. The van der Waals surface area contributed by atoms with Gasteiger partial charge in [0.05, 0.1) is 11.3 Å². The number of amides is 1. The maximum Gasteiger partial charge on any atom is 0.490 e. The van der Waals surface area contributed by atoms with E-state index in [0.717, 1.165) is 43.9 Å². The van der Waals surface area contributed by atoms with Gasteiger partial charge in [0.1, 0.15) is 0 Å². The standard InChI is InChI=1S/C17H23ClN6O.C2HF3O2/c1-20-16-3-2-13(18)8-15(16)17(25)23-6-4-12(5-7-23)10-24-11-14(9-19)21-22-24;3-2(4,5)1(6)7/h2-3,8,11-12,20H,4-7,9-10,19H2,1H3;(H,6,7). The van der Waals surface area contributed by atoms with Crippen molar-refractivity contribution in [1.82, 2.24) is 19.9 Å². The van der Waals surface area contributed by atoms with Crippen molar-refractivity contribution in [3.63, 3.8) is 0 Å². The second-order valence-electron chi connectivity index (χ2n) is 7.11. The topological polar surface area (TPSA) is 126 Å². The average Bonchev–Trinajstić information content (AvgIpc) is 3.21. The molecule has 1 aromatic heterocycles. The Hall–Kier alpha value is -2.86.